The number of hydrogen-bond donors (Lipinski definition) is 1. The van der Waals surface area contributed by atoms with E-state index in [1.807, 2.05) is 0 Å². The molecule has 1 fully saturated rings. The Kier molecular flexibility index (Phi) is 6.82. The Morgan fingerprint density at radius 1 is 1.26 bits per heavy atom. The fourth-order valence-corrected chi connectivity index (χ4v) is 3.00. The lowest BCUT2D eigenvalue weighted by Gasteiger charge is -2.45. The van der Waals surface area contributed by atoms with E-state index in [1.54, 1.807) is 0 Å². The smallest absolute Gasteiger partial charge is 0.0244 e. The summed E-state index contributed by atoms with van der Waals surface area (Å²) in [6.45, 7) is 17.8. The van der Waals surface area contributed by atoms with Gasteiger partial charge in [0.1, 0.15) is 0 Å². The zero-order valence-corrected chi connectivity index (χ0v) is 14.1. The maximum atomic E-state index is 3.73. The average Bonchev–Trinajstić information content (AvgIpc) is 2.35. The van der Waals surface area contributed by atoms with Crippen LogP contribution in [0.5, 0.6) is 0 Å². The Balaban J connectivity index is 2.53. The molecule has 19 heavy (non-hydrogen) atoms. The van der Waals surface area contributed by atoms with Crippen LogP contribution in [0.3, 0.4) is 0 Å². The largest absolute Gasteiger partial charge is 0.311 e. The summed E-state index contributed by atoms with van der Waals surface area (Å²) in [5, 5.41) is 3.73. The molecule has 0 spiro atoms. The number of unbranched alkanes of at least 4 members (excludes halogenated alkanes) is 1. The second-order valence-corrected chi connectivity index (χ2v) is 7.55. The highest BCUT2D eigenvalue weighted by atomic mass is 15.2. The molecule has 3 atom stereocenters. The van der Waals surface area contributed by atoms with Crippen LogP contribution in [-0.4, -0.2) is 36.6 Å². The quantitative estimate of drug-likeness (QED) is 0.785. The standard InChI is InChI=1S/C17H36N2/c1-7-9-10-15(8-2)12-19-13-16(17(4,5)6)18-11-14(19)3/h14-16,18H,7-13H2,1-6H3. The molecule has 0 aromatic rings. The SMILES string of the molecule is CCCCC(CC)CN1CC(C(C)(C)C)NCC1C. The number of piperazine rings is 1. The highest BCUT2D eigenvalue weighted by Gasteiger charge is 2.32. The van der Waals surface area contributed by atoms with Crippen LogP contribution in [0.15, 0.2) is 0 Å². The molecular weight excluding hydrogens is 232 g/mol. The molecule has 0 aromatic carbocycles. The van der Waals surface area contributed by atoms with Gasteiger partial charge in [0.25, 0.3) is 0 Å². The highest BCUT2D eigenvalue weighted by Crippen LogP contribution is 2.25. The van der Waals surface area contributed by atoms with Crippen molar-refractivity contribution < 1.29 is 0 Å². The molecule has 1 saturated heterocycles. The summed E-state index contributed by atoms with van der Waals surface area (Å²) >= 11 is 0. The molecule has 1 N–H and O–H groups in total. The summed E-state index contributed by atoms with van der Waals surface area (Å²) in [5.41, 5.74) is 0.365. The topological polar surface area (TPSA) is 15.3 Å². The van der Waals surface area contributed by atoms with E-state index in [1.165, 1.54) is 38.8 Å². The van der Waals surface area contributed by atoms with E-state index in [-0.39, 0.29) is 0 Å². The summed E-state index contributed by atoms with van der Waals surface area (Å²) in [5.74, 6) is 0.890. The molecule has 0 amide bonds. The zero-order valence-electron chi connectivity index (χ0n) is 14.1. The lowest BCUT2D eigenvalue weighted by Crippen LogP contribution is -2.60. The van der Waals surface area contributed by atoms with Crippen molar-refractivity contribution in [1.29, 1.82) is 0 Å². The van der Waals surface area contributed by atoms with E-state index in [4.69, 9.17) is 0 Å². The summed E-state index contributed by atoms with van der Waals surface area (Å²) in [6.07, 6.45) is 5.46. The fourth-order valence-electron chi connectivity index (χ4n) is 3.00. The molecule has 1 aliphatic heterocycles. The van der Waals surface area contributed by atoms with Crippen molar-refractivity contribution in [2.24, 2.45) is 11.3 Å². The molecule has 114 valence electrons. The van der Waals surface area contributed by atoms with Crippen LogP contribution in [0.2, 0.25) is 0 Å². The van der Waals surface area contributed by atoms with Crippen LogP contribution in [0.1, 0.15) is 67.2 Å². The third-order valence-corrected chi connectivity index (χ3v) is 4.78. The minimum Gasteiger partial charge on any atom is -0.311 e. The molecule has 0 aromatic heterocycles. The third kappa shape index (κ3) is 5.43. The molecular formula is C17H36N2. The van der Waals surface area contributed by atoms with Gasteiger partial charge in [-0.3, -0.25) is 4.90 Å². The van der Waals surface area contributed by atoms with E-state index >= 15 is 0 Å². The van der Waals surface area contributed by atoms with Gasteiger partial charge >= 0.3 is 0 Å². The van der Waals surface area contributed by atoms with Crippen molar-refractivity contribution in [2.75, 3.05) is 19.6 Å². The zero-order chi connectivity index (χ0) is 14.5. The van der Waals surface area contributed by atoms with Crippen molar-refractivity contribution in [3.05, 3.63) is 0 Å². The lowest BCUT2D eigenvalue weighted by molar-refractivity contribution is 0.0771. The normalized spacial score (nSPS) is 27.5. The lowest BCUT2D eigenvalue weighted by atomic mass is 9.84. The number of nitrogens with one attached hydrogen (secondary N) is 1. The second-order valence-electron chi connectivity index (χ2n) is 7.55. The first-order chi connectivity index (χ1) is 8.88. The number of hydrogen-bond acceptors (Lipinski definition) is 2. The van der Waals surface area contributed by atoms with Crippen LogP contribution < -0.4 is 5.32 Å². The minimum atomic E-state index is 0.365. The molecule has 1 aliphatic rings. The van der Waals surface area contributed by atoms with Gasteiger partial charge in [-0.15, -0.1) is 0 Å². The Labute approximate surface area is 121 Å². The highest BCUT2D eigenvalue weighted by molar-refractivity contribution is 4.91. The first-order valence-electron chi connectivity index (χ1n) is 8.35. The van der Waals surface area contributed by atoms with Gasteiger partial charge in [0.2, 0.25) is 0 Å². The van der Waals surface area contributed by atoms with Crippen molar-refractivity contribution in [3.8, 4) is 0 Å². The van der Waals surface area contributed by atoms with E-state index in [0.717, 1.165) is 12.5 Å². The average molecular weight is 268 g/mol. The second kappa shape index (κ2) is 7.64. The number of nitrogens with zero attached hydrogens (tertiary/aromatic N) is 1. The molecule has 1 rings (SSSR count). The monoisotopic (exact) mass is 268 g/mol. The maximum Gasteiger partial charge on any atom is 0.0244 e. The molecule has 1 heterocycles. The van der Waals surface area contributed by atoms with E-state index in [0.29, 0.717) is 17.5 Å². The predicted octanol–water partition coefficient (Wildman–Crippen LogP) is 3.91. The van der Waals surface area contributed by atoms with Gasteiger partial charge in [-0.1, -0.05) is 53.9 Å². The minimum absolute atomic E-state index is 0.365. The number of rotatable bonds is 6. The van der Waals surface area contributed by atoms with Gasteiger partial charge in [-0.25, -0.2) is 0 Å². The van der Waals surface area contributed by atoms with Crippen LogP contribution in [-0.2, 0) is 0 Å². The van der Waals surface area contributed by atoms with E-state index < -0.39 is 0 Å². The van der Waals surface area contributed by atoms with Gasteiger partial charge in [0.15, 0.2) is 0 Å². The third-order valence-electron chi connectivity index (χ3n) is 4.78. The van der Waals surface area contributed by atoms with Gasteiger partial charge in [0.05, 0.1) is 0 Å². The van der Waals surface area contributed by atoms with Crippen LogP contribution >= 0.6 is 0 Å². The Morgan fingerprint density at radius 3 is 2.47 bits per heavy atom. The van der Waals surface area contributed by atoms with Gasteiger partial charge in [0, 0.05) is 31.7 Å². The van der Waals surface area contributed by atoms with E-state index in [9.17, 15) is 0 Å². The summed E-state index contributed by atoms with van der Waals surface area (Å²) in [4.78, 5) is 2.73. The molecule has 3 unspecified atom stereocenters. The Morgan fingerprint density at radius 2 is 1.95 bits per heavy atom. The molecule has 0 bridgehead atoms. The first-order valence-corrected chi connectivity index (χ1v) is 8.35. The maximum absolute atomic E-state index is 3.73. The molecule has 2 heteroatoms. The van der Waals surface area contributed by atoms with Crippen molar-refractivity contribution in [1.82, 2.24) is 10.2 Å². The van der Waals surface area contributed by atoms with Crippen molar-refractivity contribution in [3.63, 3.8) is 0 Å². The summed E-state index contributed by atoms with van der Waals surface area (Å²) < 4.78 is 0. The van der Waals surface area contributed by atoms with Gasteiger partial charge < -0.3 is 5.32 Å². The molecule has 0 saturated carbocycles. The first kappa shape index (κ1) is 17.0. The van der Waals surface area contributed by atoms with Gasteiger partial charge in [-0.2, -0.15) is 0 Å². The molecule has 0 radical (unpaired) electrons. The fraction of sp³-hybridized carbons (Fsp3) is 1.00. The van der Waals surface area contributed by atoms with E-state index in [2.05, 4.69) is 51.8 Å². The molecule has 2 nitrogen and oxygen atoms in total. The Bertz CT molecular complexity index is 244. The van der Waals surface area contributed by atoms with Crippen LogP contribution in [0.4, 0.5) is 0 Å². The van der Waals surface area contributed by atoms with Crippen molar-refractivity contribution >= 4 is 0 Å². The van der Waals surface area contributed by atoms with Gasteiger partial charge in [-0.05, 0) is 24.7 Å². The summed E-state index contributed by atoms with van der Waals surface area (Å²) in [6, 6.07) is 1.32. The summed E-state index contributed by atoms with van der Waals surface area (Å²) in [7, 11) is 0. The molecule has 0 aliphatic carbocycles. The van der Waals surface area contributed by atoms with Crippen LogP contribution in [0.25, 0.3) is 0 Å². The van der Waals surface area contributed by atoms with Crippen LogP contribution in [0, 0.1) is 11.3 Å². The van der Waals surface area contributed by atoms with Crippen molar-refractivity contribution in [2.45, 2.75) is 79.3 Å². The Hall–Kier alpha value is -0.0800. The predicted molar refractivity (Wildman–Crippen MR) is 85.6 cm³/mol.